The van der Waals surface area contributed by atoms with Crippen LogP contribution in [0.4, 0.5) is 0 Å². The van der Waals surface area contributed by atoms with E-state index in [4.69, 9.17) is 5.21 Å². The molecule has 0 amide bonds. The molecule has 2 aliphatic rings. The molecule has 1 aliphatic heterocycles. The molecule has 1 atom stereocenters. The number of thioether (sulfide) groups is 1. The van der Waals surface area contributed by atoms with E-state index in [0.717, 1.165) is 5.71 Å². The van der Waals surface area contributed by atoms with Gasteiger partial charge in [0.25, 0.3) is 0 Å². The first-order valence-corrected chi connectivity index (χ1v) is 4.95. The maximum Gasteiger partial charge on any atom is 0.158 e. The minimum Gasteiger partial charge on any atom is -0.410 e. The van der Waals surface area contributed by atoms with E-state index in [2.05, 4.69) is 17.1 Å². The van der Waals surface area contributed by atoms with Crippen molar-refractivity contribution < 1.29 is 5.21 Å². The fourth-order valence-electron chi connectivity index (χ4n) is 1.56. The predicted octanol–water partition coefficient (Wildman–Crippen LogP) is 2.11. The van der Waals surface area contributed by atoms with Crippen LogP contribution < -0.4 is 0 Å². The van der Waals surface area contributed by atoms with Gasteiger partial charge in [0.15, 0.2) is 5.04 Å². The number of hydrogen-bond acceptors (Lipinski definition) is 4. The number of nitrogens with zero attached hydrogens (tertiary/aromatic N) is 2. The summed E-state index contributed by atoms with van der Waals surface area (Å²) in [5, 5.41) is 12.6. The van der Waals surface area contributed by atoms with Crippen molar-refractivity contribution >= 4 is 22.5 Å². The highest BCUT2D eigenvalue weighted by molar-refractivity contribution is 8.17. The molecule has 0 aromatic carbocycles. The van der Waals surface area contributed by atoms with Crippen LogP contribution in [0.25, 0.3) is 0 Å². The van der Waals surface area contributed by atoms with Gasteiger partial charge in [0.05, 0.1) is 5.71 Å². The molecule has 1 unspecified atom stereocenters. The molecule has 1 fully saturated rings. The average Bonchev–Trinajstić information content (AvgIpc) is 2.79. The fraction of sp³-hybridized carbons (Fsp3) is 0.750. The molecular weight excluding hydrogens is 172 g/mol. The Balaban J connectivity index is 2.23. The Morgan fingerprint density at radius 3 is 2.75 bits per heavy atom. The van der Waals surface area contributed by atoms with Crippen LogP contribution in [0.5, 0.6) is 0 Å². The maximum atomic E-state index is 8.66. The zero-order valence-corrected chi connectivity index (χ0v) is 8.06. The Bertz CT molecular complexity index is 270. The minimum atomic E-state index is -0.0361. The van der Waals surface area contributed by atoms with Crippen molar-refractivity contribution in [1.29, 1.82) is 0 Å². The van der Waals surface area contributed by atoms with Gasteiger partial charge < -0.3 is 5.21 Å². The number of aliphatic imine (C=N–C) groups is 1. The van der Waals surface area contributed by atoms with Crippen LogP contribution in [0.2, 0.25) is 0 Å². The highest BCUT2D eigenvalue weighted by Gasteiger charge is 2.46. The smallest absolute Gasteiger partial charge is 0.158 e. The molecule has 1 N–H and O–H groups in total. The van der Waals surface area contributed by atoms with Crippen LogP contribution >= 0.6 is 11.8 Å². The first-order valence-electron chi connectivity index (χ1n) is 4.13. The van der Waals surface area contributed by atoms with Crippen LogP contribution in [-0.2, 0) is 0 Å². The third-order valence-corrected chi connectivity index (χ3v) is 3.84. The van der Waals surface area contributed by atoms with Gasteiger partial charge in [-0.05, 0) is 32.6 Å². The van der Waals surface area contributed by atoms with Gasteiger partial charge in [0, 0.05) is 0 Å². The lowest BCUT2D eigenvalue weighted by molar-refractivity contribution is 0.321. The highest BCUT2D eigenvalue weighted by atomic mass is 32.2. The molecule has 0 aromatic heterocycles. The predicted molar refractivity (Wildman–Crippen MR) is 51.1 cm³/mol. The lowest BCUT2D eigenvalue weighted by Gasteiger charge is -2.17. The zero-order valence-electron chi connectivity index (χ0n) is 7.24. The van der Waals surface area contributed by atoms with Crippen molar-refractivity contribution in [2.75, 3.05) is 0 Å². The minimum absolute atomic E-state index is 0.0361. The molecule has 1 saturated carbocycles. The summed E-state index contributed by atoms with van der Waals surface area (Å²) in [7, 11) is 0. The summed E-state index contributed by atoms with van der Waals surface area (Å²) in [6.45, 7) is 4.02. The molecule has 0 radical (unpaired) electrons. The lowest BCUT2D eigenvalue weighted by atomic mass is 10.2. The third kappa shape index (κ3) is 1.14. The van der Waals surface area contributed by atoms with Crippen molar-refractivity contribution in [1.82, 2.24) is 0 Å². The third-order valence-electron chi connectivity index (χ3n) is 2.43. The molecule has 66 valence electrons. The van der Waals surface area contributed by atoms with E-state index < -0.39 is 0 Å². The van der Waals surface area contributed by atoms with E-state index in [1.54, 1.807) is 11.8 Å². The van der Waals surface area contributed by atoms with Gasteiger partial charge in [0.1, 0.15) is 4.87 Å². The molecule has 0 saturated heterocycles. The van der Waals surface area contributed by atoms with Gasteiger partial charge >= 0.3 is 0 Å². The second-order valence-corrected chi connectivity index (χ2v) is 4.95. The molecular formula is C8H12N2OS. The van der Waals surface area contributed by atoms with Crippen molar-refractivity contribution in [2.45, 2.75) is 31.6 Å². The lowest BCUT2D eigenvalue weighted by Crippen LogP contribution is -2.16. The molecule has 2 rings (SSSR count). The Morgan fingerprint density at radius 2 is 2.33 bits per heavy atom. The van der Waals surface area contributed by atoms with Crippen LogP contribution in [0.1, 0.15) is 26.7 Å². The van der Waals surface area contributed by atoms with Gasteiger partial charge in [-0.3, -0.25) is 4.99 Å². The van der Waals surface area contributed by atoms with Crippen molar-refractivity contribution in [3.05, 3.63) is 0 Å². The SMILES string of the molecule is CC1=NC(C)(C2CC2)S/C1=N\O. The highest BCUT2D eigenvalue weighted by Crippen LogP contribution is 2.51. The van der Waals surface area contributed by atoms with Gasteiger partial charge in [-0.15, -0.1) is 0 Å². The van der Waals surface area contributed by atoms with E-state index in [-0.39, 0.29) is 4.87 Å². The summed E-state index contributed by atoms with van der Waals surface area (Å²) < 4.78 is 0. The van der Waals surface area contributed by atoms with Crippen LogP contribution in [-0.4, -0.2) is 20.8 Å². The molecule has 0 bridgehead atoms. The van der Waals surface area contributed by atoms with Gasteiger partial charge in [-0.1, -0.05) is 16.9 Å². The van der Waals surface area contributed by atoms with Gasteiger partial charge in [0.2, 0.25) is 0 Å². The zero-order chi connectivity index (χ0) is 8.77. The summed E-state index contributed by atoms with van der Waals surface area (Å²) in [6.07, 6.45) is 2.53. The summed E-state index contributed by atoms with van der Waals surface area (Å²) >= 11 is 1.59. The largest absolute Gasteiger partial charge is 0.410 e. The molecule has 12 heavy (non-hydrogen) atoms. The monoisotopic (exact) mass is 184 g/mol. The first-order chi connectivity index (χ1) is 5.65. The van der Waals surface area contributed by atoms with Crippen molar-refractivity contribution in [3.8, 4) is 0 Å². The second-order valence-electron chi connectivity index (χ2n) is 3.53. The van der Waals surface area contributed by atoms with E-state index >= 15 is 0 Å². The fourth-order valence-corrected chi connectivity index (χ4v) is 2.77. The van der Waals surface area contributed by atoms with E-state index in [1.807, 2.05) is 6.92 Å². The number of hydrogen-bond donors (Lipinski definition) is 1. The Hall–Kier alpha value is -0.510. The normalized spacial score (nSPS) is 38.8. The quantitative estimate of drug-likeness (QED) is 0.501. The standard InChI is InChI=1S/C8H12N2OS/c1-5-7(10-11)12-8(2,9-5)6-3-4-6/h6,11H,3-4H2,1-2H3/b10-7-. The van der Waals surface area contributed by atoms with Gasteiger partial charge in [-0.2, -0.15) is 0 Å². The van der Waals surface area contributed by atoms with Crippen LogP contribution in [0.15, 0.2) is 10.1 Å². The van der Waals surface area contributed by atoms with Gasteiger partial charge in [-0.25, -0.2) is 0 Å². The van der Waals surface area contributed by atoms with E-state index in [0.29, 0.717) is 11.0 Å². The molecule has 4 heteroatoms. The molecule has 1 heterocycles. The van der Waals surface area contributed by atoms with Crippen molar-refractivity contribution in [2.24, 2.45) is 16.1 Å². The van der Waals surface area contributed by atoms with E-state index in [1.165, 1.54) is 12.8 Å². The van der Waals surface area contributed by atoms with Crippen LogP contribution in [0.3, 0.4) is 0 Å². The first kappa shape index (κ1) is 8.10. The molecule has 0 aromatic rings. The Labute approximate surface area is 75.9 Å². The van der Waals surface area contributed by atoms with Crippen molar-refractivity contribution in [3.63, 3.8) is 0 Å². The Morgan fingerprint density at radius 1 is 1.67 bits per heavy atom. The average molecular weight is 184 g/mol. The summed E-state index contributed by atoms with van der Waals surface area (Å²) in [5.74, 6) is 0.691. The Kier molecular flexibility index (Phi) is 1.68. The molecule has 3 nitrogen and oxygen atoms in total. The van der Waals surface area contributed by atoms with E-state index in [9.17, 15) is 0 Å². The number of rotatable bonds is 1. The van der Waals surface area contributed by atoms with Crippen LogP contribution in [0, 0.1) is 5.92 Å². The molecule has 1 aliphatic carbocycles. The summed E-state index contributed by atoms with van der Waals surface area (Å²) in [4.78, 5) is 4.49. The summed E-state index contributed by atoms with van der Waals surface area (Å²) in [5.41, 5.74) is 0.872. The maximum absolute atomic E-state index is 8.66. The summed E-state index contributed by atoms with van der Waals surface area (Å²) in [6, 6.07) is 0. The molecule has 0 spiro atoms. The second kappa shape index (κ2) is 2.49. The topological polar surface area (TPSA) is 45.0 Å². The number of oxime groups is 1.